The molecule has 0 aromatic carbocycles. The van der Waals surface area contributed by atoms with E-state index < -0.39 is 0 Å². The number of hydrogen-bond acceptors (Lipinski definition) is 5. The number of thiophene rings is 1. The van der Waals surface area contributed by atoms with Crippen molar-refractivity contribution < 1.29 is 9.63 Å². The van der Waals surface area contributed by atoms with Gasteiger partial charge in [0.05, 0.1) is 9.21 Å². The molecule has 0 aliphatic heterocycles. The predicted molar refractivity (Wildman–Crippen MR) is 48.5 cm³/mol. The van der Waals surface area contributed by atoms with Crippen molar-refractivity contribution in [3.63, 3.8) is 0 Å². The highest BCUT2D eigenvalue weighted by atomic mass is 35.5. The number of aliphatic hydroxyl groups is 1. The Morgan fingerprint density at radius 1 is 1.54 bits per heavy atom. The summed E-state index contributed by atoms with van der Waals surface area (Å²) in [5.41, 5.74) is 0. The number of hydrogen-bond donors (Lipinski definition) is 1. The first-order valence-corrected chi connectivity index (χ1v) is 4.68. The third-order valence-corrected chi connectivity index (χ3v) is 2.62. The molecule has 2 heterocycles. The summed E-state index contributed by atoms with van der Waals surface area (Å²) in [6.07, 6.45) is 0. The fourth-order valence-electron chi connectivity index (χ4n) is 0.854. The van der Waals surface area contributed by atoms with Crippen LogP contribution in [0.5, 0.6) is 0 Å². The van der Waals surface area contributed by atoms with Crippen LogP contribution in [0, 0.1) is 0 Å². The summed E-state index contributed by atoms with van der Waals surface area (Å²) in [5, 5.41) is 12.4. The molecule has 0 amide bonds. The first kappa shape index (κ1) is 8.68. The summed E-state index contributed by atoms with van der Waals surface area (Å²) >= 11 is 7.10. The molecule has 2 aromatic rings. The average Bonchev–Trinajstić information content (AvgIpc) is 2.71. The second kappa shape index (κ2) is 3.45. The van der Waals surface area contributed by atoms with E-state index in [2.05, 4.69) is 10.1 Å². The molecule has 1 N–H and O–H groups in total. The lowest BCUT2D eigenvalue weighted by Crippen LogP contribution is -1.80. The monoisotopic (exact) mass is 216 g/mol. The van der Waals surface area contributed by atoms with Gasteiger partial charge in [-0.3, -0.25) is 0 Å². The molecule has 0 aliphatic rings. The zero-order valence-corrected chi connectivity index (χ0v) is 7.97. The fraction of sp³-hybridized carbons (Fsp3) is 0.143. The molecule has 0 aliphatic carbocycles. The van der Waals surface area contributed by atoms with Gasteiger partial charge in [0, 0.05) is 0 Å². The Balaban J connectivity index is 2.35. The van der Waals surface area contributed by atoms with Gasteiger partial charge in [0.15, 0.2) is 0 Å². The van der Waals surface area contributed by atoms with Crippen LogP contribution in [0.15, 0.2) is 16.7 Å². The lowest BCUT2D eigenvalue weighted by atomic mass is 10.4. The normalized spacial score (nSPS) is 10.6. The molecule has 2 aromatic heterocycles. The van der Waals surface area contributed by atoms with Crippen molar-refractivity contribution in [1.29, 1.82) is 0 Å². The molecule has 0 radical (unpaired) electrons. The van der Waals surface area contributed by atoms with Gasteiger partial charge in [-0.1, -0.05) is 16.8 Å². The summed E-state index contributed by atoms with van der Waals surface area (Å²) in [5.74, 6) is 0.667. The molecule has 0 atom stereocenters. The Hall–Kier alpha value is -0.910. The van der Waals surface area contributed by atoms with Gasteiger partial charge in [-0.05, 0) is 12.1 Å². The fourth-order valence-corrected chi connectivity index (χ4v) is 1.82. The average molecular weight is 217 g/mol. The first-order valence-electron chi connectivity index (χ1n) is 3.49. The molecule has 0 fully saturated rings. The molecule has 0 spiro atoms. The maximum Gasteiger partial charge on any atom is 0.252 e. The molecule has 0 saturated carbocycles. The van der Waals surface area contributed by atoms with Crippen molar-refractivity contribution in [3.8, 4) is 10.7 Å². The quantitative estimate of drug-likeness (QED) is 0.834. The third kappa shape index (κ3) is 1.72. The zero-order chi connectivity index (χ0) is 9.26. The van der Waals surface area contributed by atoms with Gasteiger partial charge in [0.25, 0.3) is 5.89 Å². The van der Waals surface area contributed by atoms with E-state index in [1.165, 1.54) is 11.3 Å². The molecule has 0 unspecified atom stereocenters. The molecule has 0 saturated heterocycles. The number of aliphatic hydroxyl groups excluding tert-OH is 1. The highest BCUT2D eigenvalue weighted by Crippen LogP contribution is 2.28. The standard InChI is InChI=1S/C7H5ClN2O2S/c8-5-2-1-4(13-5)7-9-6(3-11)12-10-7/h1-2,11H,3H2. The largest absolute Gasteiger partial charge is 0.387 e. The van der Waals surface area contributed by atoms with Crippen LogP contribution in [0.4, 0.5) is 0 Å². The lowest BCUT2D eigenvalue weighted by Gasteiger charge is -1.82. The number of rotatable bonds is 2. The van der Waals surface area contributed by atoms with Gasteiger partial charge in [0.2, 0.25) is 5.82 Å². The van der Waals surface area contributed by atoms with Crippen molar-refractivity contribution >= 4 is 22.9 Å². The van der Waals surface area contributed by atoms with Crippen LogP contribution in [0.1, 0.15) is 5.89 Å². The second-order valence-electron chi connectivity index (χ2n) is 2.27. The van der Waals surface area contributed by atoms with Crippen molar-refractivity contribution in [3.05, 3.63) is 22.4 Å². The molecular weight excluding hydrogens is 212 g/mol. The van der Waals surface area contributed by atoms with Crippen LogP contribution in [-0.4, -0.2) is 15.2 Å². The molecule has 2 rings (SSSR count). The highest BCUT2D eigenvalue weighted by Gasteiger charge is 2.09. The van der Waals surface area contributed by atoms with Gasteiger partial charge in [0.1, 0.15) is 6.61 Å². The van der Waals surface area contributed by atoms with E-state index >= 15 is 0 Å². The van der Waals surface area contributed by atoms with Crippen molar-refractivity contribution in [2.45, 2.75) is 6.61 Å². The minimum absolute atomic E-state index is 0.208. The maximum absolute atomic E-state index is 8.68. The van der Waals surface area contributed by atoms with E-state index in [0.717, 1.165) is 4.88 Å². The minimum Gasteiger partial charge on any atom is -0.387 e. The maximum atomic E-state index is 8.68. The number of aromatic nitrogens is 2. The molecule has 13 heavy (non-hydrogen) atoms. The highest BCUT2D eigenvalue weighted by molar-refractivity contribution is 7.19. The number of halogens is 1. The van der Waals surface area contributed by atoms with Crippen molar-refractivity contribution in [1.82, 2.24) is 10.1 Å². The number of nitrogens with zero attached hydrogens (tertiary/aromatic N) is 2. The summed E-state index contributed by atoms with van der Waals surface area (Å²) in [4.78, 5) is 4.76. The van der Waals surface area contributed by atoms with Gasteiger partial charge >= 0.3 is 0 Å². The van der Waals surface area contributed by atoms with Gasteiger partial charge in [-0.25, -0.2) is 0 Å². The van der Waals surface area contributed by atoms with Crippen LogP contribution < -0.4 is 0 Å². The Bertz CT molecular complexity index is 412. The van der Waals surface area contributed by atoms with Crippen molar-refractivity contribution in [2.75, 3.05) is 0 Å². The molecule has 68 valence electrons. The topological polar surface area (TPSA) is 59.2 Å². The van der Waals surface area contributed by atoms with E-state index in [-0.39, 0.29) is 12.5 Å². The van der Waals surface area contributed by atoms with Gasteiger partial charge < -0.3 is 9.63 Å². The Kier molecular flexibility index (Phi) is 2.30. The van der Waals surface area contributed by atoms with Crippen LogP contribution >= 0.6 is 22.9 Å². The van der Waals surface area contributed by atoms with Gasteiger partial charge in [-0.2, -0.15) is 4.98 Å². The van der Waals surface area contributed by atoms with E-state index in [0.29, 0.717) is 10.2 Å². The van der Waals surface area contributed by atoms with E-state index in [1.807, 2.05) is 0 Å². The van der Waals surface area contributed by atoms with Crippen LogP contribution in [0.2, 0.25) is 4.34 Å². The summed E-state index contributed by atoms with van der Waals surface area (Å²) in [6, 6.07) is 3.57. The Labute approximate surface area is 82.8 Å². The van der Waals surface area contributed by atoms with Crippen LogP contribution in [-0.2, 0) is 6.61 Å². The molecular formula is C7H5ClN2O2S. The second-order valence-corrected chi connectivity index (χ2v) is 3.99. The predicted octanol–water partition coefficient (Wildman–Crippen LogP) is 1.94. The SMILES string of the molecule is OCc1nc(-c2ccc(Cl)s2)no1. The summed E-state index contributed by atoms with van der Waals surface area (Å²) in [6.45, 7) is -0.244. The Morgan fingerprint density at radius 3 is 2.92 bits per heavy atom. The zero-order valence-electron chi connectivity index (χ0n) is 6.40. The summed E-state index contributed by atoms with van der Waals surface area (Å²) < 4.78 is 5.40. The first-order chi connectivity index (χ1) is 6.29. The third-order valence-electron chi connectivity index (χ3n) is 1.40. The van der Waals surface area contributed by atoms with E-state index in [9.17, 15) is 0 Å². The lowest BCUT2D eigenvalue weighted by molar-refractivity contribution is 0.222. The van der Waals surface area contributed by atoms with E-state index in [1.54, 1.807) is 12.1 Å². The van der Waals surface area contributed by atoms with Crippen molar-refractivity contribution in [2.24, 2.45) is 0 Å². The molecule has 0 bridgehead atoms. The smallest absolute Gasteiger partial charge is 0.252 e. The molecule has 6 heteroatoms. The van der Waals surface area contributed by atoms with E-state index in [4.69, 9.17) is 21.2 Å². The molecule has 4 nitrogen and oxygen atoms in total. The Morgan fingerprint density at radius 2 is 2.38 bits per heavy atom. The summed E-state index contributed by atoms with van der Waals surface area (Å²) in [7, 11) is 0. The van der Waals surface area contributed by atoms with Crippen LogP contribution in [0.25, 0.3) is 10.7 Å². The minimum atomic E-state index is -0.244. The van der Waals surface area contributed by atoms with Gasteiger partial charge in [-0.15, -0.1) is 11.3 Å². The van der Waals surface area contributed by atoms with Crippen LogP contribution in [0.3, 0.4) is 0 Å².